The average molecular weight is 246 g/mol. The van der Waals surface area contributed by atoms with E-state index in [-0.39, 0.29) is 11.8 Å². The number of carbonyl (C=O) groups is 2. The fourth-order valence-electron chi connectivity index (χ4n) is 2.21. The maximum absolute atomic E-state index is 11.7. The molecule has 4 nitrogen and oxygen atoms in total. The fraction of sp³-hybridized carbons (Fsp3) is 0.429. The Balaban J connectivity index is 2.17. The molecule has 0 saturated carbocycles. The minimum Gasteiger partial charge on any atom is -0.326 e. The molecule has 0 bridgehead atoms. The lowest BCUT2D eigenvalue weighted by atomic mass is 10.0. The predicted octanol–water partition coefficient (Wildman–Crippen LogP) is 1.49. The van der Waals surface area contributed by atoms with Gasteiger partial charge < -0.3 is 5.73 Å². The van der Waals surface area contributed by atoms with Crippen molar-refractivity contribution in [2.24, 2.45) is 5.73 Å². The highest BCUT2D eigenvalue weighted by atomic mass is 16.2. The molecule has 0 radical (unpaired) electrons. The van der Waals surface area contributed by atoms with E-state index in [2.05, 4.69) is 0 Å². The molecule has 1 aliphatic rings. The largest absolute Gasteiger partial charge is 0.326 e. The molecule has 2 N–H and O–H groups in total. The number of hydrogen-bond acceptors (Lipinski definition) is 3. The highest BCUT2D eigenvalue weighted by Gasteiger charge is 2.26. The summed E-state index contributed by atoms with van der Waals surface area (Å²) in [6, 6.07) is 5.90. The summed E-state index contributed by atoms with van der Waals surface area (Å²) in [6.07, 6.45) is 1.64. The molecule has 1 heterocycles. The quantitative estimate of drug-likeness (QED) is 0.822. The number of rotatable bonds is 3. The Kier molecular flexibility index (Phi) is 3.77. The Morgan fingerprint density at radius 2 is 1.89 bits per heavy atom. The Morgan fingerprint density at radius 1 is 1.22 bits per heavy atom. The Morgan fingerprint density at radius 3 is 2.44 bits per heavy atom. The molecule has 1 aromatic rings. The van der Waals surface area contributed by atoms with Crippen LogP contribution in [0, 0.1) is 6.92 Å². The van der Waals surface area contributed by atoms with Gasteiger partial charge in [0.2, 0.25) is 11.8 Å². The summed E-state index contributed by atoms with van der Waals surface area (Å²) in [4.78, 5) is 24.8. The zero-order valence-corrected chi connectivity index (χ0v) is 10.6. The van der Waals surface area contributed by atoms with E-state index in [0.717, 1.165) is 16.7 Å². The SMILES string of the molecule is Cc1cc(CN)ccc1CN1C(=O)CCCC1=O. The minimum absolute atomic E-state index is 0.0615. The lowest BCUT2D eigenvalue weighted by Crippen LogP contribution is -2.39. The van der Waals surface area contributed by atoms with Crippen LogP contribution < -0.4 is 5.73 Å². The van der Waals surface area contributed by atoms with Gasteiger partial charge >= 0.3 is 0 Å². The summed E-state index contributed by atoms with van der Waals surface area (Å²) in [6.45, 7) is 2.87. The monoisotopic (exact) mass is 246 g/mol. The number of nitrogens with zero attached hydrogens (tertiary/aromatic N) is 1. The van der Waals surface area contributed by atoms with Crippen LogP contribution in [0.2, 0.25) is 0 Å². The first-order valence-corrected chi connectivity index (χ1v) is 6.23. The van der Waals surface area contributed by atoms with E-state index in [9.17, 15) is 9.59 Å². The summed E-state index contributed by atoms with van der Waals surface area (Å²) in [5.41, 5.74) is 8.72. The van der Waals surface area contributed by atoms with Crippen LogP contribution in [0.15, 0.2) is 18.2 Å². The van der Waals surface area contributed by atoms with Crippen molar-refractivity contribution in [2.75, 3.05) is 0 Å². The lowest BCUT2D eigenvalue weighted by Gasteiger charge is -2.25. The standard InChI is InChI=1S/C14H18N2O2/c1-10-7-11(8-15)5-6-12(10)9-16-13(17)3-2-4-14(16)18/h5-7H,2-4,8-9,15H2,1H3. The van der Waals surface area contributed by atoms with Crippen LogP contribution in [0.5, 0.6) is 0 Å². The van der Waals surface area contributed by atoms with E-state index in [4.69, 9.17) is 5.73 Å². The van der Waals surface area contributed by atoms with Crippen molar-refractivity contribution < 1.29 is 9.59 Å². The number of piperidine rings is 1. The van der Waals surface area contributed by atoms with E-state index >= 15 is 0 Å². The molecule has 4 heteroatoms. The van der Waals surface area contributed by atoms with Crippen LogP contribution in [0.1, 0.15) is 36.0 Å². The van der Waals surface area contributed by atoms with Crippen molar-refractivity contribution in [2.45, 2.75) is 39.3 Å². The van der Waals surface area contributed by atoms with Gasteiger partial charge in [0.25, 0.3) is 0 Å². The number of hydrogen-bond donors (Lipinski definition) is 1. The van der Waals surface area contributed by atoms with E-state index in [1.165, 1.54) is 4.90 Å². The number of carbonyl (C=O) groups excluding carboxylic acids is 2. The first-order chi connectivity index (χ1) is 8.61. The Labute approximate surface area is 107 Å². The third-order valence-corrected chi connectivity index (χ3v) is 3.35. The molecule has 0 unspecified atom stereocenters. The normalized spacial score (nSPS) is 16.2. The van der Waals surface area contributed by atoms with E-state index in [1.54, 1.807) is 0 Å². The number of likely N-dealkylation sites (tertiary alicyclic amines) is 1. The minimum atomic E-state index is -0.0615. The highest BCUT2D eigenvalue weighted by molar-refractivity contribution is 5.97. The maximum atomic E-state index is 11.7. The summed E-state index contributed by atoms with van der Waals surface area (Å²) in [7, 11) is 0. The Hall–Kier alpha value is -1.68. The molecular weight excluding hydrogens is 228 g/mol. The smallest absolute Gasteiger partial charge is 0.229 e. The molecule has 0 atom stereocenters. The molecule has 2 rings (SSSR count). The van der Waals surface area contributed by atoms with Crippen LogP contribution in [-0.2, 0) is 22.7 Å². The second kappa shape index (κ2) is 5.31. The molecule has 0 aliphatic carbocycles. The zero-order chi connectivity index (χ0) is 13.1. The van der Waals surface area contributed by atoms with Crippen molar-refractivity contribution in [1.29, 1.82) is 0 Å². The van der Waals surface area contributed by atoms with Gasteiger partial charge in [-0.25, -0.2) is 0 Å². The summed E-state index contributed by atoms with van der Waals surface area (Å²) in [5.74, 6) is -0.123. The molecule has 2 amide bonds. The molecule has 1 fully saturated rings. The topological polar surface area (TPSA) is 63.4 Å². The average Bonchev–Trinajstić information content (AvgIpc) is 2.35. The van der Waals surface area contributed by atoms with Gasteiger partial charge in [-0.05, 0) is 30.0 Å². The predicted molar refractivity (Wildman–Crippen MR) is 68.5 cm³/mol. The van der Waals surface area contributed by atoms with Gasteiger partial charge in [0.05, 0.1) is 6.54 Å². The van der Waals surface area contributed by atoms with Crippen LogP contribution in [0.4, 0.5) is 0 Å². The lowest BCUT2D eigenvalue weighted by molar-refractivity contribution is -0.148. The van der Waals surface area contributed by atoms with Crippen LogP contribution >= 0.6 is 0 Å². The van der Waals surface area contributed by atoms with Gasteiger partial charge in [-0.3, -0.25) is 14.5 Å². The molecule has 18 heavy (non-hydrogen) atoms. The van der Waals surface area contributed by atoms with Gasteiger partial charge in [-0.1, -0.05) is 18.2 Å². The number of nitrogens with two attached hydrogens (primary N) is 1. The van der Waals surface area contributed by atoms with Crippen molar-refractivity contribution in [1.82, 2.24) is 4.90 Å². The number of aryl methyl sites for hydroxylation is 1. The molecule has 1 saturated heterocycles. The highest BCUT2D eigenvalue weighted by Crippen LogP contribution is 2.18. The van der Waals surface area contributed by atoms with E-state index < -0.39 is 0 Å². The molecule has 96 valence electrons. The van der Waals surface area contributed by atoms with Gasteiger partial charge in [0, 0.05) is 19.4 Å². The maximum Gasteiger partial charge on any atom is 0.229 e. The fourth-order valence-corrected chi connectivity index (χ4v) is 2.21. The van der Waals surface area contributed by atoms with Gasteiger partial charge in [0.1, 0.15) is 0 Å². The van der Waals surface area contributed by atoms with Crippen LogP contribution in [0.25, 0.3) is 0 Å². The van der Waals surface area contributed by atoms with Crippen molar-refractivity contribution in [3.05, 3.63) is 34.9 Å². The van der Waals surface area contributed by atoms with Gasteiger partial charge in [-0.15, -0.1) is 0 Å². The first kappa shape index (κ1) is 12.8. The molecule has 1 aliphatic heterocycles. The second-order valence-corrected chi connectivity index (χ2v) is 4.69. The van der Waals surface area contributed by atoms with Crippen molar-refractivity contribution >= 4 is 11.8 Å². The molecule has 1 aromatic carbocycles. The molecule has 0 aromatic heterocycles. The van der Waals surface area contributed by atoms with Gasteiger partial charge in [-0.2, -0.15) is 0 Å². The number of imide groups is 1. The third kappa shape index (κ3) is 2.59. The Bertz CT molecular complexity index is 467. The van der Waals surface area contributed by atoms with Crippen molar-refractivity contribution in [3.8, 4) is 0 Å². The molecule has 0 spiro atoms. The van der Waals surface area contributed by atoms with E-state index in [1.807, 2.05) is 25.1 Å². The summed E-state index contributed by atoms with van der Waals surface area (Å²) in [5, 5.41) is 0. The van der Waals surface area contributed by atoms with Crippen LogP contribution in [0.3, 0.4) is 0 Å². The van der Waals surface area contributed by atoms with Crippen LogP contribution in [-0.4, -0.2) is 16.7 Å². The second-order valence-electron chi connectivity index (χ2n) is 4.69. The molecular formula is C14H18N2O2. The number of benzene rings is 1. The van der Waals surface area contributed by atoms with E-state index in [0.29, 0.717) is 32.4 Å². The third-order valence-electron chi connectivity index (χ3n) is 3.35. The first-order valence-electron chi connectivity index (χ1n) is 6.23. The zero-order valence-electron chi connectivity index (χ0n) is 10.6. The number of amides is 2. The summed E-state index contributed by atoms with van der Waals surface area (Å²) < 4.78 is 0. The van der Waals surface area contributed by atoms with Gasteiger partial charge in [0.15, 0.2) is 0 Å². The van der Waals surface area contributed by atoms with Crippen molar-refractivity contribution in [3.63, 3.8) is 0 Å². The summed E-state index contributed by atoms with van der Waals surface area (Å²) >= 11 is 0.